The summed E-state index contributed by atoms with van der Waals surface area (Å²) >= 11 is 0. The van der Waals surface area contributed by atoms with E-state index in [9.17, 15) is 24.6 Å². The minimum absolute atomic E-state index is 0.0401. The normalized spacial score (nSPS) is 36.7. The van der Waals surface area contributed by atoms with Crippen LogP contribution in [0.4, 0.5) is 5.69 Å². The van der Waals surface area contributed by atoms with Crippen molar-refractivity contribution in [2.75, 3.05) is 5.32 Å². The lowest BCUT2D eigenvalue weighted by molar-refractivity contribution is -0.160. The second-order valence-electron chi connectivity index (χ2n) is 10.6. The van der Waals surface area contributed by atoms with Gasteiger partial charge in [-0.1, -0.05) is 13.0 Å². The molecular formula is C25H29NO6. The van der Waals surface area contributed by atoms with E-state index in [4.69, 9.17) is 5.11 Å². The third-order valence-corrected chi connectivity index (χ3v) is 8.71. The quantitative estimate of drug-likeness (QED) is 0.512. The Kier molecular flexibility index (Phi) is 4.66. The van der Waals surface area contributed by atoms with E-state index in [1.807, 2.05) is 6.92 Å². The van der Waals surface area contributed by atoms with Gasteiger partial charge in [-0.2, -0.15) is 0 Å². The van der Waals surface area contributed by atoms with Gasteiger partial charge in [0.05, 0.1) is 0 Å². The van der Waals surface area contributed by atoms with Gasteiger partial charge in [0.25, 0.3) is 0 Å². The lowest BCUT2D eigenvalue weighted by Gasteiger charge is -2.65. The fraction of sp³-hybridized carbons (Fsp3) is 0.560. The van der Waals surface area contributed by atoms with Gasteiger partial charge in [0, 0.05) is 11.8 Å². The fourth-order valence-electron chi connectivity index (χ4n) is 7.81. The number of hydrogen-bond donors (Lipinski definition) is 4. The Hall–Kier alpha value is -2.83. The number of phenols is 2. The van der Waals surface area contributed by atoms with Crippen molar-refractivity contribution in [1.82, 2.24) is 0 Å². The Balaban J connectivity index is 1.35. The van der Waals surface area contributed by atoms with Gasteiger partial charge in [-0.15, -0.1) is 0 Å². The molecule has 7 nitrogen and oxygen atoms in total. The average molecular weight is 440 g/mol. The summed E-state index contributed by atoms with van der Waals surface area (Å²) in [4.78, 5) is 37.1. The molecule has 6 atom stereocenters. The van der Waals surface area contributed by atoms with Crippen LogP contribution in [0.3, 0.4) is 0 Å². The third kappa shape index (κ3) is 3.05. The number of rotatable bonds is 5. The molecule has 1 spiro atoms. The van der Waals surface area contributed by atoms with Gasteiger partial charge >= 0.3 is 5.97 Å². The minimum atomic E-state index is -1.36. The Labute approximate surface area is 186 Å². The molecule has 4 bridgehead atoms. The Bertz CT molecular complexity index is 1030. The molecule has 0 aliphatic heterocycles. The number of phenolic OH excluding ortho intramolecular Hbond substituents is 1. The van der Waals surface area contributed by atoms with Crippen LogP contribution in [-0.4, -0.2) is 33.0 Å². The summed E-state index contributed by atoms with van der Waals surface area (Å²) in [5, 5.41) is 31.8. The maximum atomic E-state index is 13.1. The van der Waals surface area contributed by atoms with Gasteiger partial charge in [-0.25, -0.2) is 4.79 Å². The van der Waals surface area contributed by atoms with Crippen molar-refractivity contribution in [2.24, 2.45) is 34.5 Å². The van der Waals surface area contributed by atoms with Crippen LogP contribution in [0.15, 0.2) is 24.3 Å². The molecule has 32 heavy (non-hydrogen) atoms. The first-order chi connectivity index (χ1) is 15.1. The first-order valence-electron chi connectivity index (χ1n) is 11.4. The van der Waals surface area contributed by atoms with E-state index in [0.29, 0.717) is 12.3 Å². The van der Waals surface area contributed by atoms with Crippen molar-refractivity contribution in [3.8, 4) is 11.5 Å². The van der Waals surface area contributed by atoms with Crippen LogP contribution >= 0.6 is 0 Å². The van der Waals surface area contributed by atoms with Crippen LogP contribution in [-0.2, 0) is 9.59 Å². The first kappa shape index (κ1) is 21.0. The number of carboxylic acid groups (broad SMARTS) is 1. The molecule has 4 saturated carbocycles. The molecule has 0 aromatic heterocycles. The summed E-state index contributed by atoms with van der Waals surface area (Å²) in [6.07, 6.45) is 10.3. The van der Waals surface area contributed by atoms with Crippen LogP contribution in [0, 0.1) is 34.5 Å². The Morgan fingerprint density at radius 3 is 2.47 bits per heavy atom. The standard InChI is InChI=1S/C25H29NO6/c1-24(6-5-19(29)26-20-17(27)3-2-16(21(20)30)23(31)32)18(28)4-7-25-11-13-8-14(12-25)10-15(9-13)22(24)25/h2-4,7,13-15,22,27,30H,5-6,8-12H2,1H3,(H,26,29)(H,31,32)/t13-,14+,15?,22-,24+,25?/m1/s1. The largest absolute Gasteiger partial charge is 0.506 e. The lowest BCUT2D eigenvalue weighted by Crippen LogP contribution is -2.60. The average Bonchev–Trinajstić information content (AvgIpc) is 2.71. The molecule has 0 radical (unpaired) electrons. The summed E-state index contributed by atoms with van der Waals surface area (Å²) in [5.41, 5.74) is -1.29. The summed E-state index contributed by atoms with van der Waals surface area (Å²) in [7, 11) is 0. The SMILES string of the molecule is C[C@]1(CCC(=O)Nc2c(O)ccc(C(=O)O)c2O)C(=O)C=CC23C[C@@H]4CC(C[C@@H](C4)C2)[C@@H]31. The van der Waals surface area contributed by atoms with Crippen LogP contribution in [0.5, 0.6) is 11.5 Å². The van der Waals surface area contributed by atoms with Crippen molar-refractivity contribution in [1.29, 1.82) is 0 Å². The number of aromatic carboxylic acids is 1. The number of carbonyl (C=O) groups excluding carboxylic acids is 2. The van der Waals surface area contributed by atoms with E-state index in [2.05, 4.69) is 11.4 Å². The number of hydrogen-bond acceptors (Lipinski definition) is 5. The summed E-state index contributed by atoms with van der Waals surface area (Å²) in [6.45, 7) is 2.00. The molecule has 4 fully saturated rings. The molecule has 7 heteroatoms. The zero-order chi connectivity index (χ0) is 22.8. The zero-order valence-electron chi connectivity index (χ0n) is 18.1. The molecule has 4 N–H and O–H groups in total. The number of benzene rings is 1. The number of amides is 1. The van der Waals surface area contributed by atoms with Gasteiger partial charge in [0.15, 0.2) is 11.5 Å². The van der Waals surface area contributed by atoms with E-state index in [1.165, 1.54) is 19.3 Å². The van der Waals surface area contributed by atoms with E-state index in [1.54, 1.807) is 6.08 Å². The number of nitrogens with one attached hydrogen (secondary N) is 1. The summed E-state index contributed by atoms with van der Waals surface area (Å²) in [5.74, 6) is -0.599. The fourth-order valence-corrected chi connectivity index (χ4v) is 7.81. The highest BCUT2D eigenvalue weighted by Gasteiger charge is 2.63. The van der Waals surface area contributed by atoms with Crippen molar-refractivity contribution in [3.05, 3.63) is 29.8 Å². The number of aromatic hydroxyl groups is 2. The lowest BCUT2D eigenvalue weighted by atomic mass is 9.38. The highest BCUT2D eigenvalue weighted by molar-refractivity contribution is 6.00. The molecule has 6 rings (SSSR count). The van der Waals surface area contributed by atoms with E-state index >= 15 is 0 Å². The van der Waals surface area contributed by atoms with Gasteiger partial charge in [0.2, 0.25) is 5.91 Å². The topological polar surface area (TPSA) is 124 Å². The number of carbonyl (C=O) groups is 3. The van der Waals surface area contributed by atoms with E-state index in [0.717, 1.165) is 36.8 Å². The van der Waals surface area contributed by atoms with Crippen molar-refractivity contribution < 1.29 is 29.7 Å². The van der Waals surface area contributed by atoms with Crippen molar-refractivity contribution in [3.63, 3.8) is 0 Å². The van der Waals surface area contributed by atoms with Gasteiger partial charge in [0.1, 0.15) is 17.0 Å². The second-order valence-corrected chi connectivity index (χ2v) is 10.6. The smallest absolute Gasteiger partial charge is 0.339 e. The monoisotopic (exact) mass is 439 g/mol. The second kappa shape index (κ2) is 7.09. The van der Waals surface area contributed by atoms with Gasteiger partial charge in [-0.05, 0) is 85.8 Å². The van der Waals surface area contributed by atoms with Crippen LogP contribution < -0.4 is 5.32 Å². The van der Waals surface area contributed by atoms with Crippen LogP contribution in [0.2, 0.25) is 0 Å². The summed E-state index contributed by atoms with van der Waals surface area (Å²) < 4.78 is 0. The highest BCUT2D eigenvalue weighted by atomic mass is 16.4. The maximum Gasteiger partial charge on any atom is 0.339 e. The molecular weight excluding hydrogens is 410 g/mol. The van der Waals surface area contributed by atoms with Crippen LogP contribution in [0.25, 0.3) is 0 Å². The molecule has 5 aliphatic rings. The molecule has 0 heterocycles. The van der Waals surface area contributed by atoms with Gasteiger partial charge in [-0.3, -0.25) is 9.59 Å². The number of ketones is 1. The zero-order valence-corrected chi connectivity index (χ0v) is 18.1. The predicted octanol–water partition coefficient (Wildman–Crippen LogP) is 4.10. The van der Waals surface area contributed by atoms with Crippen molar-refractivity contribution >= 4 is 23.3 Å². The predicted molar refractivity (Wildman–Crippen MR) is 116 cm³/mol. The van der Waals surface area contributed by atoms with Crippen LogP contribution in [0.1, 0.15) is 62.2 Å². The molecule has 1 aromatic rings. The molecule has 5 aliphatic carbocycles. The molecule has 170 valence electrons. The molecule has 1 amide bonds. The number of allylic oxidation sites excluding steroid dienone is 2. The maximum absolute atomic E-state index is 13.1. The Morgan fingerprint density at radius 1 is 1.12 bits per heavy atom. The molecule has 1 aromatic carbocycles. The van der Waals surface area contributed by atoms with Gasteiger partial charge < -0.3 is 20.6 Å². The molecule has 0 saturated heterocycles. The minimum Gasteiger partial charge on any atom is -0.506 e. The van der Waals surface area contributed by atoms with Crippen molar-refractivity contribution in [2.45, 2.75) is 51.9 Å². The Morgan fingerprint density at radius 2 is 1.81 bits per heavy atom. The first-order valence-corrected chi connectivity index (χ1v) is 11.4. The molecule has 2 unspecified atom stereocenters. The summed E-state index contributed by atoms with van der Waals surface area (Å²) in [6, 6.07) is 2.19. The number of anilines is 1. The highest BCUT2D eigenvalue weighted by Crippen LogP contribution is 2.69. The van der Waals surface area contributed by atoms with E-state index in [-0.39, 0.29) is 29.2 Å². The third-order valence-electron chi connectivity index (χ3n) is 8.71. The van der Waals surface area contributed by atoms with E-state index < -0.39 is 34.4 Å². The number of carboxylic acids is 1.